The number of hydrogen-bond acceptors (Lipinski definition) is 1. The maximum absolute atomic E-state index is 12.7. The molecule has 0 bridgehead atoms. The SMILES string of the molecule is O=C(c1cc2ccccc2c2ccccc12)C(F)(F)F. The Morgan fingerprint density at radius 3 is 2.00 bits per heavy atom. The lowest BCUT2D eigenvalue weighted by Crippen LogP contribution is -2.23. The van der Waals surface area contributed by atoms with Crippen molar-refractivity contribution >= 4 is 27.3 Å². The van der Waals surface area contributed by atoms with E-state index in [2.05, 4.69) is 0 Å². The van der Waals surface area contributed by atoms with Gasteiger partial charge in [0.25, 0.3) is 5.78 Å². The molecule has 0 radical (unpaired) electrons. The molecule has 0 heterocycles. The lowest BCUT2D eigenvalue weighted by Gasteiger charge is -2.11. The van der Waals surface area contributed by atoms with Crippen LogP contribution in [0.1, 0.15) is 10.4 Å². The van der Waals surface area contributed by atoms with Crippen LogP contribution in [0.5, 0.6) is 0 Å². The summed E-state index contributed by atoms with van der Waals surface area (Å²) in [6.45, 7) is 0. The Labute approximate surface area is 112 Å². The Balaban J connectivity index is 2.44. The summed E-state index contributed by atoms with van der Waals surface area (Å²) in [5, 5.41) is 2.44. The van der Waals surface area contributed by atoms with Gasteiger partial charge >= 0.3 is 6.18 Å². The minimum Gasteiger partial charge on any atom is -0.284 e. The van der Waals surface area contributed by atoms with Gasteiger partial charge in [-0.3, -0.25) is 4.79 Å². The van der Waals surface area contributed by atoms with Crippen LogP contribution in [0.4, 0.5) is 13.2 Å². The van der Waals surface area contributed by atoms with Crippen LogP contribution in [0.3, 0.4) is 0 Å². The van der Waals surface area contributed by atoms with Gasteiger partial charge in [-0.05, 0) is 27.6 Å². The van der Waals surface area contributed by atoms with E-state index in [4.69, 9.17) is 0 Å². The normalized spacial score (nSPS) is 11.9. The van der Waals surface area contributed by atoms with Gasteiger partial charge in [-0.1, -0.05) is 48.5 Å². The minimum absolute atomic E-state index is 0.299. The smallest absolute Gasteiger partial charge is 0.284 e. The highest BCUT2D eigenvalue weighted by Gasteiger charge is 2.40. The number of rotatable bonds is 1. The molecule has 0 unspecified atom stereocenters. The third kappa shape index (κ3) is 1.93. The first-order valence-corrected chi connectivity index (χ1v) is 6.00. The molecule has 0 aliphatic heterocycles. The van der Waals surface area contributed by atoms with Crippen LogP contribution >= 0.6 is 0 Å². The molecule has 0 aliphatic rings. The van der Waals surface area contributed by atoms with E-state index in [1.165, 1.54) is 6.07 Å². The van der Waals surface area contributed by atoms with Crippen molar-refractivity contribution in [2.24, 2.45) is 0 Å². The van der Waals surface area contributed by atoms with E-state index in [1.54, 1.807) is 36.4 Å². The molecule has 3 rings (SSSR count). The van der Waals surface area contributed by atoms with Gasteiger partial charge in [-0.15, -0.1) is 0 Å². The van der Waals surface area contributed by atoms with Gasteiger partial charge < -0.3 is 0 Å². The Morgan fingerprint density at radius 1 is 0.800 bits per heavy atom. The highest BCUT2D eigenvalue weighted by Crippen LogP contribution is 2.32. The summed E-state index contributed by atoms with van der Waals surface area (Å²) in [5.41, 5.74) is -0.299. The first-order valence-electron chi connectivity index (χ1n) is 6.00. The molecule has 0 fully saturated rings. The van der Waals surface area contributed by atoms with Crippen molar-refractivity contribution in [2.75, 3.05) is 0 Å². The molecule has 1 nitrogen and oxygen atoms in total. The molecule has 0 spiro atoms. The molecule has 20 heavy (non-hydrogen) atoms. The number of alkyl halides is 3. The zero-order valence-corrected chi connectivity index (χ0v) is 10.2. The summed E-state index contributed by atoms with van der Waals surface area (Å²) in [5.74, 6) is -1.81. The molecule has 0 saturated heterocycles. The fraction of sp³-hybridized carbons (Fsp3) is 0.0625. The third-order valence-corrected chi connectivity index (χ3v) is 3.27. The number of fused-ring (bicyclic) bond motifs is 3. The highest BCUT2D eigenvalue weighted by molar-refractivity contribution is 6.18. The molecule has 0 aliphatic carbocycles. The van der Waals surface area contributed by atoms with E-state index in [0.717, 1.165) is 5.39 Å². The zero-order chi connectivity index (χ0) is 14.3. The topological polar surface area (TPSA) is 17.1 Å². The van der Waals surface area contributed by atoms with Crippen LogP contribution in [-0.4, -0.2) is 12.0 Å². The number of Topliss-reactive ketones (excluding diaryl/α,β-unsaturated/α-hetero) is 1. The van der Waals surface area contributed by atoms with E-state index in [0.29, 0.717) is 16.2 Å². The summed E-state index contributed by atoms with van der Waals surface area (Å²) < 4.78 is 38.1. The lowest BCUT2D eigenvalue weighted by atomic mass is 9.95. The number of carbonyl (C=O) groups is 1. The fourth-order valence-electron chi connectivity index (χ4n) is 2.39. The molecule has 3 aromatic carbocycles. The quantitative estimate of drug-likeness (QED) is 0.463. The van der Waals surface area contributed by atoms with Crippen LogP contribution in [0.2, 0.25) is 0 Å². The second-order valence-electron chi connectivity index (χ2n) is 4.52. The van der Waals surface area contributed by atoms with E-state index < -0.39 is 12.0 Å². The van der Waals surface area contributed by atoms with Crippen molar-refractivity contribution in [1.29, 1.82) is 0 Å². The summed E-state index contributed by atoms with van der Waals surface area (Å²) in [6.07, 6.45) is -4.87. The van der Waals surface area contributed by atoms with Gasteiger partial charge in [-0.25, -0.2) is 0 Å². The average Bonchev–Trinajstić information content (AvgIpc) is 2.44. The molecule has 3 aromatic rings. The van der Waals surface area contributed by atoms with Crippen molar-refractivity contribution in [1.82, 2.24) is 0 Å². The standard InChI is InChI=1S/C16H9F3O/c17-16(18,19)15(20)14-9-10-5-1-2-6-11(10)12-7-3-4-8-13(12)14/h1-9H. The van der Waals surface area contributed by atoms with Gasteiger partial charge in [0.15, 0.2) is 0 Å². The van der Waals surface area contributed by atoms with E-state index in [1.807, 2.05) is 12.1 Å². The molecule has 0 saturated carbocycles. The lowest BCUT2D eigenvalue weighted by molar-refractivity contribution is -0.0884. The fourth-order valence-corrected chi connectivity index (χ4v) is 2.39. The monoisotopic (exact) mass is 274 g/mol. The van der Waals surface area contributed by atoms with E-state index in [-0.39, 0.29) is 5.56 Å². The molecule has 0 atom stereocenters. The molecule has 0 N–H and O–H groups in total. The summed E-state index contributed by atoms with van der Waals surface area (Å²) in [7, 11) is 0. The second kappa shape index (κ2) is 4.34. The van der Waals surface area contributed by atoms with Gasteiger partial charge in [0.2, 0.25) is 0 Å². The average molecular weight is 274 g/mol. The predicted octanol–water partition coefficient (Wildman–Crippen LogP) is 4.74. The second-order valence-corrected chi connectivity index (χ2v) is 4.52. The Morgan fingerprint density at radius 2 is 1.35 bits per heavy atom. The predicted molar refractivity (Wildman–Crippen MR) is 71.8 cm³/mol. The van der Waals surface area contributed by atoms with E-state index >= 15 is 0 Å². The molecular formula is C16H9F3O. The molecule has 100 valence electrons. The molecular weight excluding hydrogens is 265 g/mol. The first-order chi connectivity index (χ1) is 9.48. The maximum atomic E-state index is 12.7. The maximum Gasteiger partial charge on any atom is 0.454 e. The van der Waals surface area contributed by atoms with Crippen LogP contribution in [-0.2, 0) is 0 Å². The van der Waals surface area contributed by atoms with Crippen molar-refractivity contribution in [2.45, 2.75) is 6.18 Å². The van der Waals surface area contributed by atoms with Crippen molar-refractivity contribution in [3.05, 3.63) is 60.2 Å². The number of ketones is 1. The Hall–Kier alpha value is -2.36. The summed E-state index contributed by atoms with van der Waals surface area (Å²) >= 11 is 0. The number of halogens is 3. The van der Waals surface area contributed by atoms with E-state index in [9.17, 15) is 18.0 Å². The van der Waals surface area contributed by atoms with Crippen LogP contribution < -0.4 is 0 Å². The Kier molecular flexibility index (Phi) is 2.74. The first kappa shape index (κ1) is 12.7. The van der Waals surface area contributed by atoms with Crippen LogP contribution in [0.15, 0.2) is 54.6 Å². The number of benzene rings is 3. The van der Waals surface area contributed by atoms with Crippen molar-refractivity contribution in [3.8, 4) is 0 Å². The Bertz CT molecular complexity index is 819. The number of hydrogen-bond donors (Lipinski definition) is 0. The van der Waals surface area contributed by atoms with Crippen molar-refractivity contribution in [3.63, 3.8) is 0 Å². The van der Waals surface area contributed by atoms with Gasteiger partial charge in [0.1, 0.15) is 0 Å². The van der Waals surface area contributed by atoms with Gasteiger partial charge in [-0.2, -0.15) is 13.2 Å². The number of carbonyl (C=O) groups excluding carboxylic acids is 1. The minimum atomic E-state index is -4.87. The molecule has 4 heteroatoms. The molecule has 0 aromatic heterocycles. The van der Waals surface area contributed by atoms with Crippen molar-refractivity contribution < 1.29 is 18.0 Å². The largest absolute Gasteiger partial charge is 0.454 e. The van der Waals surface area contributed by atoms with Gasteiger partial charge in [0.05, 0.1) is 0 Å². The molecule has 0 amide bonds. The van der Waals surface area contributed by atoms with Crippen LogP contribution in [0, 0.1) is 0 Å². The zero-order valence-electron chi connectivity index (χ0n) is 10.2. The van der Waals surface area contributed by atoms with Crippen LogP contribution in [0.25, 0.3) is 21.5 Å². The highest BCUT2D eigenvalue weighted by atomic mass is 19.4. The summed E-state index contributed by atoms with van der Waals surface area (Å²) in [4.78, 5) is 11.6. The third-order valence-electron chi connectivity index (χ3n) is 3.27. The van der Waals surface area contributed by atoms with Gasteiger partial charge in [0, 0.05) is 5.56 Å². The summed E-state index contributed by atoms with van der Waals surface area (Å²) in [6, 6.07) is 15.0.